The number of nitrogens with zero attached hydrogens (tertiary/aromatic N) is 2. The first-order chi connectivity index (χ1) is 11.7. The van der Waals surface area contributed by atoms with Crippen LogP contribution in [0.25, 0.3) is 11.3 Å². The van der Waals surface area contributed by atoms with Gasteiger partial charge in [-0.2, -0.15) is 0 Å². The number of aromatic nitrogens is 1. The van der Waals surface area contributed by atoms with E-state index in [1.807, 2.05) is 49.4 Å². The van der Waals surface area contributed by atoms with E-state index >= 15 is 0 Å². The Hall–Kier alpha value is -2.53. The zero-order valence-electron chi connectivity index (χ0n) is 13.4. The van der Waals surface area contributed by atoms with Crippen LogP contribution >= 0.6 is 11.8 Å². The quantitative estimate of drug-likeness (QED) is 0.689. The number of hydrogen-bond donors (Lipinski definition) is 0. The molecule has 3 aromatic rings. The van der Waals surface area contributed by atoms with E-state index in [-0.39, 0.29) is 5.91 Å². The van der Waals surface area contributed by atoms with Crippen molar-refractivity contribution in [3.63, 3.8) is 0 Å². The van der Waals surface area contributed by atoms with E-state index in [2.05, 4.69) is 11.2 Å². The number of hydrogen-bond acceptors (Lipinski definition) is 4. The van der Waals surface area contributed by atoms with Gasteiger partial charge in [-0.1, -0.05) is 35.5 Å². The minimum Gasteiger partial charge on any atom is -0.355 e. The van der Waals surface area contributed by atoms with Gasteiger partial charge in [-0.3, -0.25) is 4.79 Å². The van der Waals surface area contributed by atoms with Crippen molar-refractivity contribution >= 4 is 23.4 Å². The molecule has 0 fully saturated rings. The first kappa shape index (κ1) is 15.0. The summed E-state index contributed by atoms with van der Waals surface area (Å²) < 4.78 is 5.54. The summed E-state index contributed by atoms with van der Waals surface area (Å²) in [4.78, 5) is 15.7. The molecular weight excluding hydrogens is 320 g/mol. The third-order valence-electron chi connectivity index (χ3n) is 4.28. The predicted octanol–water partition coefficient (Wildman–Crippen LogP) is 4.53. The highest BCUT2D eigenvalue weighted by Gasteiger charge is 2.29. The number of para-hydroxylation sites is 1. The maximum atomic E-state index is 12.9. The predicted molar refractivity (Wildman–Crippen MR) is 95.4 cm³/mol. The summed E-state index contributed by atoms with van der Waals surface area (Å²) in [6, 6.07) is 15.9. The van der Waals surface area contributed by atoms with Crippen molar-refractivity contribution in [3.05, 3.63) is 65.4 Å². The van der Waals surface area contributed by atoms with Crippen LogP contribution in [-0.4, -0.2) is 18.1 Å². The standard InChI is InChI=1S/C19H16N2O2S/c1-12-7-3-5-9-15(12)21(2)19(22)17-14-11-24-16-10-6-4-8-13(16)18(14)23-20-17/h3-10H,11H2,1-2H3. The van der Waals surface area contributed by atoms with Gasteiger partial charge in [0.15, 0.2) is 11.5 Å². The summed E-state index contributed by atoms with van der Waals surface area (Å²) in [7, 11) is 1.77. The number of amides is 1. The molecule has 0 atom stereocenters. The molecule has 0 saturated heterocycles. The Balaban J connectivity index is 1.74. The molecule has 0 saturated carbocycles. The molecule has 2 aromatic carbocycles. The van der Waals surface area contributed by atoms with Crippen LogP contribution in [0.5, 0.6) is 0 Å². The Kier molecular flexibility index (Phi) is 3.65. The average molecular weight is 336 g/mol. The van der Waals surface area contributed by atoms with Gasteiger partial charge in [-0.15, -0.1) is 11.8 Å². The lowest BCUT2D eigenvalue weighted by atomic mass is 10.1. The van der Waals surface area contributed by atoms with Crippen LogP contribution in [-0.2, 0) is 5.75 Å². The monoisotopic (exact) mass is 336 g/mol. The lowest BCUT2D eigenvalue weighted by Gasteiger charge is -2.19. The molecule has 1 aliphatic heterocycles. The summed E-state index contributed by atoms with van der Waals surface area (Å²) in [5.74, 6) is 1.26. The minimum atomic E-state index is -0.144. The normalized spacial score (nSPS) is 12.4. The molecule has 0 bridgehead atoms. The topological polar surface area (TPSA) is 46.3 Å². The number of aryl methyl sites for hydroxylation is 1. The summed E-state index contributed by atoms with van der Waals surface area (Å²) in [6.07, 6.45) is 0. The Morgan fingerprint density at radius 1 is 1.17 bits per heavy atom. The highest BCUT2D eigenvalue weighted by Crippen LogP contribution is 2.42. The fraction of sp³-hybridized carbons (Fsp3) is 0.158. The highest BCUT2D eigenvalue weighted by atomic mass is 32.2. The molecule has 4 nitrogen and oxygen atoms in total. The molecule has 0 spiro atoms. The van der Waals surface area contributed by atoms with E-state index in [0.717, 1.165) is 27.3 Å². The zero-order valence-corrected chi connectivity index (χ0v) is 14.3. The number of benzene rings is 2. The molecule has 24 heavy (non-hydrogen) atoms. The van der Waals surface area contributed by atoms with Crippen LogP contribution in [0.15, 0.2) is 57.9 Å². The second-order valence-corrected chi connectivity index (χ2v) is 6.79. The number of rotatable bonds is 2. The molecular formula is C19H16N2O2S. The van der Waals surface area contributed by atoms with Crippen molar-refractivity contribution in [3.8, 4) is 11.3 Å². The summed E-state index contributed by atoms with van der Waals surface area (Å²) in [5, 5.41) is 4.09. The van der Waals surface area contributed by atoms with Crippen molar-refractivity contribution < 1.29 is 9.32 Å². The number of carbonyl (C=O) groups excluding carboxylic acids is 1. The van der Waals surface area contributed by atoms with Crippen LogP contribution in [0.4, 0.5) is 5.69 Å². The van der Waals surface area contributed by atoms with E-state index < -0.39 is 0 Å². The van der Waals surface area contributed by atoms with E-state index in [4.69, 9.17) is 4.52 Å². The Labute approximate surface area is 144 Å². The molecule has 4 rings (SSSR count). The van der Waals surface area contributed by atoms with Gasteiger partial charge >= 0.3 is 0 Å². The summed E-state index contributed by atoms with van der Waals surface area (Å²) >= 11 is 1.71. The summed E-state index contributed by atoms with van der Waals surface area (Å²) in [5.41, 5.74) is 4.21. The van der Waals surface area contributed by atoms with Gasteiger partial charge in [0, 0.05) is 34.5 Å². The van der Waals surface area contributed by atoms with Gasteiger partial charge in [0.05, 0.1) is 0 Å². The maximum Gasteiger partial charge on any atom is 0.280 e. The smallest absolute Gasteiger partial charge is 0.280 e. The van der Waals surface area contributed by atoms with Crippen LogP contribution in [0.2, 0.25) is 0 Å². The van der Waals surface area contributed by atoms with Crippen molar-refractivity contribution in [2.24, 2.45) is 0 Å². The first-order valence-electron chi connectivity index (χ1n) is 7.71. The number of carbonyl (C=O) groups is 1. The van der Waals surface area contributed by atoms with Gasteiger partial charge in [-0.25, -0.2) is 0 Å². The van der Waals surface area contributed by atoms with E-state index in [9.17, 15) is 4.79 Å². The number of fused-ring (bicyclic) bond motifs is 3. The van der Waals surface area contributed by atoms with Crippen LogP contribution in [0.1, 0.15) is 21.6 Å². The SMILES string of the molecule is Cc1ccccc1N(C)C(=O)c1noc2c1CSc1ccccc1-2. The van der Waals surface area contributed by atoms with Crippen molar-refractivity contribution in [1.29, 1.82) is 0 Å². The largest absolute Gasteiger partial charge is 0.355 e. The minimum absolute atomic E-state index is 0.144. The molecule has 5 heteroatoms. The lowest BCUT2D eigenvalue weighted by Crippen LogP contribution is -2.28. The van der Waals surface area contributed by atoms with Gasteiger partial charge in [0.25, 0.3) is 5.91 Å². The molecule has 2 heterocycles. The van der Waals surface area contributed by atoms with Crippen molar-refractivity contribution in [2.45, 2.75) is 17.6 Å². The summed E-state index contributed by atoms with van der Waals surface area (Å²) in [6.45, 7) is 1.99. The number of thioether (sulfide) groups is 1. The molecule has 120 valence electrons. The molecule has 0 N–H and O–H groups in total. The Morgan fingerprint density at radius 2 is 1.92 bits per heavy atom. The molecule has 0 unspecified atom stereocenters. The molecule has 1 aliphatic rings. The number of anilines is 1. The van der Waals surface area contributed by atoms with E-state index in [0.29, 0.717) is 17.2 Å². The van der Waals surface area contributed by atoms with Crippen LogP contribution in [0.3, 0.4) is 0 Å². The highest BCUT2D eigenvalue weighted by molar-refractivity contribution is 7.98. The Bertz CT molecular complexity index is 933. The fourth-order valence-electron chi connectivity index (χ4n) is 2.96. The van der Waals surface area contributed by atoms with Gasteiger partial charge < -0.3 is 9.42 Å². The molecule has 1 aromatic heterocycles. The maximum absolute atomic E-state index is 12.9. The first-order valence-corrected chi connectivity index (χ1v) is 8.70. The van der Waals surface area contributed by atoms with Crippen molar-refractivity contribution in [2.75, 3.05) is 11.9 Å². The van der Waals surface area contributed by atoms with Gasteiger partial charge in [-0.05, 0) is 30.7 Å². The van der Waals surface area contributed by atoms with Gasteiger partial charge in [0.1, 0.15) is 0 Å². The van der Waals surface area contributed by atoms with Gasteiger partial charge in [0.2, 0.25) is 0 Å². The molecule has 1 amide bonds. The fourth-order valence-corrected chi connectivity index (χ4v) is 4.02. The van der Waals surface area contributed by atoms with Crippen molar-refractivity contribution in [1.82, 2.24) is 5.16 Å². The van der Waals surface area contributed by atoms with Crippen LogP contribution in [0, 0.1) is 6.92 Å². The molecule has 0 radical (unpaired) electrons. The third-order valence-corrected chi connectivity index (χ3v) is 5.38. The second-order valence-electron chi connectivity index (χ2n) is 5.77. The van der Waals surface area contributed by atoms with E-state index in [1.54, 1.807) is 23.7 Å². The van der Waals surface area contributed by atoms with Crippen LogP contribution < -0.4 is 4.90 Å². The molecule has 0 aliphatic carbocycles. The Morgan fingerprint density at radius 3 is 2.75 bits per heavy atom. The second kappa shape index (κ2) is 5.83. The van der Waals surface area contributed by atoms with E-state index in [1.165, 1.54) is 0 Å². The lowest BCUT2D eigenvalue weighted by molar-refractivity contribution is 0.0983. The third kappa shape index (κ3) is 2.32. The zero-order chi connectivity index (χ0) is 16.7. The average Bonchev–Trinajstić information content (AvgIpc) is 3.05.